The van der Waals surface area contributed by atoms with Crippen LogP contribution in [0.2, 0.25) is 0 Å². The smallest absolute Gasteiger partial charge is 1.00 e. The normalized spacial score (nSPS) is 11.3. The van der Waals surface area contributed by atoms with Crippen molar-refractivity contribution in [1.29, 1.82) is 0 Å². The third kappa shape index (κ3) is 5.32. The van der Waals surface area contributed by atoms with Crippen LogP contribution in [0.3, 0.4) is 0 Å². The molecule has 0 unspecified atom stereocenters. The summed E-state index contributed by atoms with van der Waals surface area (Å²) >= 11 is 0. The van der Waals surface area contributed by atoms with Crippen molar-refractivity contribution in [3.8, 4) is 0 Å². The fourth-order valence-electron chi connectivity index (χ4n) is 2.46. The quantitative estimate of drug-likeness (QED) is 0.599. The summed E-state index contributed by atoms with van der Waals surface area (Å²) in [5, 5.41) is 0. The standard InChI is InChI=1S/C20H23O4P.K.H/c1-13(2)15-5-9-17(10-6-15)19(21)25(23,24)20(22)18-11-7-16(8-12-18)14(3)4;;/h5-14H,1-4H3,(H,23,24);;/q;+1;-1. The molecule has 0 spiro atoms. The first-order chi connectivity index (χ1) is 11.6. The second kappa shape index (κ2) is 9.70. The van der Waals surface area contributed by atoms with Crippen molar-refractivity contribution < 1.29 is 71.9 Å². The predicted octanol–water partition coefficient (Wildman–Crippen LogP) is 2.30. The van der Waals surface area contributed by atoms with Gasteiger partial charge >= 0.3 is 58.8 Å². The van der Waals surface area contributed by atoms with Crippen molar-refractivity contribution in [2.75, 3.05) is 0 Å². The topological polar surface area (TPSA) is 71.4 Å². The minimum Gasteiger partial charge on any atom is -1.00 e. The van der Waals surface area contributed by atoms with E-state index in [1.54, 1.807) is 24.3 Å². The van der Waals surface area contributed by atoms with Crippen LogP contribution in [0.15, 0.2) is 48.5 Å². The molecule has 2 aromatic rings. The van der Waals surface area contributed by atoms with Gasteiger partial charge in [-0.3, -0.25) is 14.2 Å². The van der Waals surface area contributed by atoms with Gasteiger partial charge in [0.15, 0.2) is 0 Å². The van der Waals surface area contributed by atoms with Crippen LogP contribution in [0.4, 0.5) is 0 Å². The van der Waals surface area contributed by atoms with Gasteiger partial charge < -0.3 is 6.32 Å². The minimum atomic E-state index is -4.67. The van der Waals surface area contributed by atoms with E-state index < -0.39 is 18.4 Å². The van der Waals surface area contributed by atoms with Gasteiger partial charge in [0, 0.05) is 11.1 Å². The molecular formula is C20H24KO4P. The largest absolute Gasteiger partial charge is 1.00 e. The number of benzene rings is 2. The average molecular weight is 398 g/mol. The second-order valence-corrected chi connectivity index (χ2v) is 8.70. The molecule has 6 heteroatoms. The molecule has 2 rings (SSSR count). The zero-order valence-corrected chi connectivity index (χ0v) is 19.9. The molecule has 0 atom stereocenters. The maximum atomic E-state index is 12.5. The van der Waals surface area contributed by atoms with Crippen LogP contribution < -0.4 is 51.4 Å². The maximum Gasteiger partial charge on any atom is 1.00 e. The van der Waals surface area contributed by atoms with Crippen molar-refractivity contribution in [2.45, 2.75) is 39.5 Å². The van der Waals surface area contributed by atoms with E-state index in [9.17, 15) is 19.0 Å². The Morgan fingerprint density at radius 1 is 0.769 bits per heavy atom. The maximum absolute atomic E-state index is 12.5. The molecule has 134 valence electrons. The van der Waals surface area contributed by atoms with Gasteiger partial charge in [0.1, 0.15) is 0 Å². The summed E-state index contributed by atoms with van der Waals surface area (Å²) in [6.07, 6.45) is 0. The molecule has 4 nitrogen and oxygen atoms in total. The van der Waals surface area contributed by atoms with Crippen LogP contribution in [-0.4, -0.2) is 15.9 Å². The molecule has 0 saturated carbocycles. The number of hydrogen-bond acceptors (Lipinski definition) is 3. The molecule has 0 bridgehead atoms. The Labute approximate surface area is 198 Å². The van der Waals surface area contributed by atoms with Crippen LogP contribution >= 0.6 is 7.37 Å². The minimum absolute atomic E-state index is 0. The van der Waals surface area contributed by atoms with Crippen LogP contribution in [0.1, 0.15) is 72.8 Å². The zero-order valence-electron chi connectivity index (χ0n) is 16.9. The summed E-state index contributed by atoms with van der Waals surface area (Å²) in [5.74, 6) is 0.567. The molecule has 0 radical (unpaired) electrons. The summed E-state index contributed by atoms with van der Waals surface area (Å²) in [7, 11) is -4.67. The number of carbonyl (C=O) groups excluding carboxylic acids is 2. The number of carbonyl (C=O) groups is 2. The molecule has 0 saturated heterocycles. The number of rotatable bonds is 6. The van der Waals surface area contributed by atoms with Crippen molar-refractivity contribution in [3.05, 3.63) is 70.8 Å². The molecule has 1 N–H and O–H groups in total. The van der Waals surface area contributed by atoms with E-state index >= 15 is 0 Å². The van der Waals surface area contributed by atoms with E-state index in [-0.39, 0.29) is 75.8 Å². The van der Waals surface area contributed by atoms with Crippen molar-refractivity contribution in [2.24, 2.45) is 0 Å². The Bertz CT molecular complexity index is 763. The molecular weight excluding hydrogens is 374 g/mol. The Morgan fingerprint density at radius 3 is 1.27 bits per heavy atom. The average Bonchev–Trinajstić information content (AvgIpc) is 2.60. The van der Waals surface area contributed by atoms with E-state index in [1.165, 1.54) is 24.3 Å². The zero-order chi connectivity index (χ0) is 18.8. The SMILES string of the molecule is CC(C)c1ccc(C(=O)P(=O)(O)C(=O)c2ccc(C(C)C)cc2)cc1.[H-].[K+]. The third-order valence-electron chi connectivity index (χ3n) is 4.20. The third-order valence-corrected chi connectivity index (χ3v) is 5.82. The fraction of sp³-hybridized carbons (Fsp3) is 0.300. The first-order valence-corrected chi connectivity index (χ1v) is 9.93. The summed E-state index contributed by atoms with van der Waals surface area (Å²) < 4.78 is 12.5. The molecule has 0 aliphatic heterocycles. The van der Waals surface area contributed by atoms with Crippen molar-refractivity contribution in [1.82, 2.24) is 0 Å². The van der Waals surface area contributed by atoms with Crippen molar-refractivity contribution in [3.63, 3.8) is 0 Å². The Hall–Kier alpha value is -0.394. The van der Waals surface area contributed by atoms with Crippen LogP contribution in [0.5, 0.6) is 0 Å². The van der Waals surface area contributed by atoms with Crippen LogP contribution in [0.25, 0.3) is 0 Å². The first kappa shape index (κ1) is 23.6. The van der Waals surface area contributed by atoms with Gasteiger partial charge in [0.05, 0.1) is 0 Å². The molecule has 0 heterocycles. The van der Waals surface area contributed by atoms with Gasteiger partial charge in [-0.05, 0) is 23.0 Å². The van der Waals surface area contributed by atoms with Crippen molar-refractivity contribution >= 4 is 18.4 Å². The van der Waals surface area contributed by atoms with E-state index in [1.807, 2.05) is 27.7 Å². The summed E-state index contributed by atoms with van der Waals surface area (Å²) in [6.45, 7) is 8.05. The monoisotopic (exact) mass is 398 g/mol. The molecule has 26 heavy (non-hydrogen) atoms. The van der Waals surface area contributed by atoms with E-state index in [0.29, 0.717) is 0 Å². The summed E-state index contributed by atoms with van der Waals surface area (Å²) in [5.41, 5.74) is 0.117. The van der Waals surface area contributed by atoms with Gasteiger partial charge in [-0.1, -0.05) is 76.2 Å². The van der Waals surface area contributed by atoms with E-state index in [4.69, 9.17) is 0 Å². The first-order valence-electron chi connectivity index (χ1n) is 8.27. The Kier molecular flexibility index (Phi) is 8.82. The van der Waals surface area contributed by atoms with Gasteiger partial charge in [0.25, 0.3) is 11.0 Å². The summed E-state index contributed by atoms with van der Waals surface area (Å²) in [4.78, 5) is 35.0. The van der Waals surface area contributed by atoms with Crippen LogP contribution in [-0.2, 0) is 4.57 Å². The second-order valence-electron chi connectivity index (χ2n) is 6.74. The molecule has 0 aromatic heterocycles. The molecule has 0 fully saturated rings. The molecule has 0 aliphatic rings. The van der Waals surface area contributed by atoms with Crippen LogP contribution in [0, 0.1) is 0 Å². The fourth-order valence-corrected chi connectivity index (χ4v) is 3.65. The number of hydrogen-bond donors (Lipinski definition) is 1. The predicted molar refractivity (Wildman–Crippen MR) is 101 cm³/mol. The van der Waals surface area contributed by atoms with Gasteiger partial charge in [-0.25, -0.2) is 0 Å². The molecule has 2 aromatic carbocycles. The van der Waals surface area contributed by atoms with Gasteiger partial charge in [0.2, 0.25) is 0 Å². The van der Waals surface area contributed by atoms with E-state index in [2.05, 4.69) is 0 Å². The summed E-state index contributed by atoms with van der Waals surface area (Å²) in [6, 6.07) is 12.9. The molecule has 0 aliphatic carbocycles. The van der Waals surface area contributed by atoms with Gasteiger partial charge in [-0.15, -0.1) is 0 Å². The van der Waals surface area contributed by atoms with Gasteiger partial charge in [-0.2, -0.15) is 0 Å². The Balaban J connectivity index is 0.00000338. The molecule has 0 amide bonds. The van der Waals surface area contributed by atoms with E-state index in [0.717, 1.165) is 11.1 Å². The Morgan fingerprint density at radius 2 is 1.04 bits per heavy atom.